The van der Waals surface area contributed by atoms with E-state index >= 15 is 0 Å². The lowest BCUT2D eigenvalue weighted by Gasteiger charge is -2.07. The average Bonchev–Trinajstić information content (AvgIpc) is 2.22. The molecule has 1 amide bonds. The summed E-state index contributed by atoms with van der Waals surface area (Å²) in [4.78, 5) is 11.7. The fourth-order valence-electron chi connectivity index (χ4n) is 1.22. The lowest BCUT2D eigenvalue weighted by molar-refractivity contribution is 0.0953. The van der Waals surface area contributed by atoms with Gasteiger partial charge in [-0.2, -0.15) is 0 Å². The van der Waals surface area contributed by atoms with Crippen LogP contribution < -0.4 is 10.6 Å². The molecule has 0 radical (unpaired) electrons. The zero-order chi connectivity index (χ0) is 11.3. The van der Waals surface area contributed by atoms with E-state index in [1.165, 1.54) is 0 Å². The molecular formula is C11H16ClIN2O. The van der Waals surface area contributed by atoms with E-state index in [1.807, 2.05) is 32.2 Å². The number of carbonyl (C=O) groups is 1. The minimum atomic E-state index is -0.00153. The highest BCUT2D eigenvalue weighted by atomic mass is 127. The minimum Gasteiger partial charge on any atom is -0.351 e. The van der Waals surface area contributed by atoms with Gasteiger partial charge in [0.2, 0.25) is 0 Å². The lowest BCUT2D eigenvalue weighted by atomic mass is 10.1. The summed E-state index contributed by atoms with van der Waals surface area (Å²) in [6.45, 7) is 3.44. The van der Waals surface area contributed by atoms with Gasteiger partial charge in [0.05, 0.1) is 5.56 Å². The van der Waals surface area contributed by atoms with Crippen molar-refractivity contribution in [2.24, 2.45) is 0 Å². The van der Waals surface area contributed by atoms with Gasteiger partial charge < -0.3 is 10.6 Å². The van der Waals surface area contributed by atoms with Crippen molar-refractivity contribution in [2.45, 2.75) is 6.92 Å². The van der Waals surface area contributed by atoms with Gasteiger partial charge in [-0.25, -0.2) is 0 Å². The Labute approximate surface area is 116 Å². The Kier molecular flexibility index (Phi) is 7.70. The van der Waals surface area contributed by atoms with Gasteiger partial charge in [-0.15, -0.1) is 12.4 Å². The molecule has 1 aromatic carbocycles. The third kappa shape index (κ3) is 4.27. The Morgan fingerprint density at radius 2 is 2.06 bits per heavy atom. The second-order valence-electron chi connectivity index (χ2n) is 3.30. The Morgan fingerprint density at radius 3 is 2.69 bits per heavy atom. The van der Waals surface area contributed by atoms with Crippen LogP contribution in [0, 0.1) is 10.5 Å². The van der Waals surface area contributed by atoms with E-state index in [9.17, 15) is 4.79 Å². The van der Waals surface area contributed by atoms with Crippen molar-refractivity contribution in [1.29, 1.82) is 0 Å². The largest absolute Gasteiger partial charge is 0.351 e. The molecule has 1 aromatic rings. The molecule has 3 nitrogen and oxygen atoms in total. The molecule has 0 aliphatic heterocycles. The minimum absolute atomic E-state index is 0. The second kappa shape index (κ2) is 7.86. The summed E-state index contributed by atoms with van der Waals surface area (Å²) in [5.41, 5.74) is 1.89. The molecule has 0 saturated heterocycles. The molecule has 16 heavy (non-hydrogen) atoms. The van der Waals surface area contributed by atoms with Gasteiger partial charge in [-0.3, -0.25) is 4.79 Å². The summed E-state index contributed by atoms with van der Waals surface area (Å²) in [5, 5.41) is 5.85. The summed E-state index contributed by atoms with van der Waals surface area (Å²) in [7, 11) is 1.86. The number of nitrogens with one attached hydrogen (secondary N) is 2. The van der Waals surface area contributed by atoms with E-state index in [0.29, 0.717) is 6.54 Å². The molecule has 0 fully saturated rings. The highest BCUT2D eigenvalue weighted by Crippen LogP contribution is 2.16. The zero-order valence-electron chi connectivity index (χ0n) is 9.34. The van der Waals surface area contributed by atoms with Crippen molar-refractivity contribution >= 4 is 40.9 Å². The molecule has 1 rings (SSSR count). The average molecular weight is 355 g/mol. The highest BCUT2D eigenvalue weighted by Gasteiger charge is 2.09. The Hall–Kier alpha value is -0.330. The van der Waals surface area contributed by atoms with Gasteiger partial charge in [0, 0.05) is 16.7 Å². The molecule has 0 heterocycles. The first-order valence-corrected chi connectivity index (χ1v) is 5.92. The van der Waals surface area contributed by atoms with E-state index < -0.39 is 0 Å². The maximum absolute atomic E-state index is 11.7. The van der Waals surface area contributed by atoms with Crippen LogP contribution in [-0.4, -0.2) is 26.0 Å². The molecule has 5 heteroatoms. The molecule has 0 atom stereocenters. The summed E-state index contributed by atoms with van der Waals surface area (Å²) >= 11 is 2.20. The molecule has 0 aromatic heterocycles. The molecule has 0 bridgehead atoms. The number of carbonyl (C=O) groups excluding carboxylic acids is 1. The van der Waals surface area contributed by atoms with E-state index in [1.54, 1.807) is 0 Å². The normalized spacial score (nSPS) is 9.44. The van der Waals surface area contributed by atoms with E-state index in [-0.39, 0.29) is 18.3 Å². The number of halogens is 2. The van der Waals surface area contributed by atoms with Crippen molar-refractivity contribution in [3.8, 4) is 0 Å². The van der Waals surface area contributed by atoms with Crippen LogP contribution in [0.25, 0.3) is 0 Å². The summed E-state index contributed by atoms with van der Waals surface area (Å²) in [6.07, 6.45) is 0. The SMILES string of the molecule is CNCCNC(=O)c1cccc(C)c1I.Cl. The number of hydrogen-bond donors (Lipinski definition) is 2. The van der Waals surface area contributed by atoms with Crippen LogP contribution in [0.1, 0.15) is 15.9 Å². The van der Waals surface area contributed by atoms with Crippen LogP contribution in [0.2, 0.25) is 0 Å². The first kappa shape index (κ1) is 15.7. The number of hydrogen-bond acceptors (Lipinski definition) is 2. The van der Waals surface area contributed by atoms with Gasteiger partial charge >= 0.3 is 0 Å². The molecule has 0 saturated carbocycles. The highest BCUT2D eigenvalue weighted by molar-refractivity contribution is 14.1. The Balaban J connectivity index is 0.00000225. The van der Waals surface area contributed by atoms with Crippen molar-refractivity contribution in [2.75, 3.05) is 20.1 Å². The number of benzene rings is 1. The van der Waals surface area contributed by atoms with Gasteiger partial charge in [-0.05, 0) is 48.2 Å². The fourth-order valence-corrected chi connectivity index (χ4v) is 1.82. The molecular weight excluding hydrogens is 338 g/mol. The molecule has 90 valence electrons. The van der Waals surface area contributed by atoms with E-state index in [2.05, 4.69) is 33.2 Å². The van der Waals surface area contributed by atoms with Crippen LogP contribution >= 0.6 is 35.0 Å². The third-order valence-corrected chi connectivity index (χ3v) is 3.53. The van der Waals surface area contributed by atoms with Crippen molar-refractivity contribution in [3.05, 3.63) is 32.9 Å². The number of aryl methyl sites for hydroxylation is 1. The maximum Gasteiger partial charge on any atom is 0.252 e. The molecule has 0 aliphatic carbocycles. The molecule has 2 N–H and O–H groups in total. The topological polar surface area (TPSA) is 41.1 Å². The number of rotatable bonds is 4. The lowest BCUT2D eigenvalue weighted by Crippen LogP contribution is -2.30. The first-order chi connectivity index (χ1) is 7.16. The number of likely N-dealkylation sites (N-methyl/N-ethyl adjacent to an activating group) is 1. The van der Waals surface area contributed by atoms with Crippen molar-refractivity contribution < 1.29 is 4.79 Å². The Morgan fingerprint density at radius 1 is 1.38 bits per heavy atom. The quantitative estimate of drug-likeness (QED) is 0.641. The summed E-state index contributed by atoms with van der Waals surface area (Å²) in [5.74, 6) is -0.00153. The predicted octanol–water partition coefficient (Wildman–Crippen LogP) is 1.97. The molecule has 0 aliphatic rings. The third-order valence-electron chi connectivity index (χ3n) is 2.10. The van der Waals surface area contributed by atoms with Crippen LogP contribution in [0.15, 0.2) is 18.2 Å². The van der Waals surface area contributed by atoms with Crippen LogP contribution in [-0.2, 0) is 0 Å². The van der Waals surface area contributed by atoms with E-state index in [4.69, 9.17) is 0 Å². The Bertz CT molecular complexity index is 358. The van der Waals surface area contributed by atoms with Crippen molar-refractivity contribution in [3.63, 3.8) is 0 Å². The standard InChI is InChI=1S/C11H15IN2O.ClH/c1-8-4-3-5-9(10(8)12)11(15)14-7-6-13-2;/h3-5,13H,6-7H2,1-2H3,(H,14,15);1H. The number of amides is 1. The first-order valence-electron chi connectivity index (χ1n) is 4.84. The predicted molar refractivity (Wildman–Crippen MR) is 77.4 cm³/mol. The summed E-state index contributed by atoms with van der Waals surface area (Å²) < 4.78 is 1.03. The molecule has 0 unspecified atom stereocenters. The fraction of sp³-hybridized carbons (Fsp3) is 0.364. The van der Waals surface area contributed by atoms with Crippen molar-refractivity contribution in [1.82, 2.24) is 10.6 Å². The monoisotopic (exact) mass is 354 g/mol. The van der Waals surface area contributed by atoms with Gasteiger partial charge in [0.25, 0.3) is 5.91 Å². The second-order valence-corrected chi connectivity index (χ2v) is 4.37. The summed E-state index contributed by atoms with van der Waals surface area (Å²) in [6, 6.07) is 5.76. The van der Waals surface area contributed by atoms with E-state index in [0.717, 1.165) is 21.2 Å². The van der Waals surface area contributed by atoms with Gasteiger partial charge in [-0.1, -0.05) is 12.1 Å². The smallest absolute Gasteiger partial charge is 0.252 e. The van der Waals surface area contributed by atoms with Crippen LogP contribution in [0.4, 0.5) is 0 Å². The van der Waals surface area contributed by atoms with Gasteiger partial charge in [0.15, 0.2) is 0 Å². The zero-order valence-corrected chi connectivity index (χ0v) is 12.3. The van der Waals surface area contributed by atoms with Crippen LogP contribution in [0.5, 0.6) is 0 Å². The van der Waals surface area contributed by atoms with Gasteiger partial charge in [0.1, 0.15) is 0 Å². The van der Waals surface area contributed by atoms with Crippen LogP contribution in [0.3, 0.4) is 0 Å². The maximum atomic E-state index is 11.7. The molecule has 0 spiro atoms.